The topological polar surface area (TPSA) is 108 Å². The highest BCUT2D eigenvalue weighted by molar-refractivity contribution is 7.45. The summed E-state index contributed by atoms with van der Waals surface area (Å²) < 4.78 is 23.4. The van der Waals surface area contributed by atoms with Crippen LogP contribution >= 0.6 is 7.82 Å². The van der Waals surface area contributed by atoms with Gasteiger partial charge in [-0.1, -0.05) is 287 Å². The minimum absolute atomic E-state index is 0.0187. The number of aliphatic hydroxyl groups excluding tert-OH is 1. The van der Waals surface area contributed by atoms with Crippen LogP contribution in [0.1, 0.15) is 251 Å². The van der Waals surface area contributed by atoms with E-state index < -0.39 is 26.6 Å². The number of aliphatic hydroxyl groups is 1. The number of phosphoric ester groups is 1. The van der Waals surface area contributed by atoms with Gasteiger partial charge in [0.2, 0.25) is 5.91 Å². The van der Waals surface area contributed by atoms with E-state index in [1.807, 2.05) is 27.2 Å². The van der Waals surface area contributed by atoms with Gasteiger partial charge >= 0.3 is 0 Å². The predicted octanol–water partition coefficient (Wildman–Crippen LogP) is 20.7. The number of amides is 1. The molecule has 1 amide bonds. The molecule has 2 N–H and O–H groups in total. The summed E-state index contributed by atoms with van der Waals surface area (Å²) in [5.41, 5.74) is 0. The maximum absolute atomic E-state index is 13.0. The molecule has 3 atom stereocenters. The summed E-state index contributed by atoms with van der Waals surface area (Å²) in [7, 11) is 1.21. The Bertz CT molecular complexity index is 1910. The molecule has 0 aliphatic carbocycles. The second-order valence-corrected chi connectivity index (χ2v) is 24.5. The van der Waals surface area contributed by atoms with Crippen molar-refractivity contribution in [2.24, 2.45) is 0 Å². The largest absolute Gasteiger partial charge is 0.756 e. The van der Waals surface area contributed by atoms with Crippen LogP contribution in [0.2, 0.25) is 0 Å². The monoisotopic (exact) mass is 1170 g/mol. The number of unbranched alkanes of at least 4 members (excludes halogenated alkanes) is 22. The molecule has 83 heavy (non-hydrogen) atoms. The lowest BCUT2D eigenvalue weighted by Crippen LogP contribution is -2.45. The van der Waals surface area contributed by atoms with E-state index in [1.165, 1.54) is 103 Å². The summed E-state index contributed by atoms with van der Waals surface area (Å²) >= 11 is 0. The summed E-state index contributed by atoms with van der Waals surface area (Å²) in [5, 5.41) is 13.9. The Kier molecular flexibility index (Phi) is 59.7. The Morgan fingerprint density at radius 3 is 1.12 bits per heavy atom. The summed E-state index contributed by atoms with van der Waals surface area (Å²) in [4.78, 5) is 25.6. The zero-order valence-electron chi connectivity index (χ0n) is 53.8. The van der Waals surface area contributed by atoms with E-state index in [0.717, 1.165) is 128 Å². The van der Waals surface area contributed by atoms with Crippen molar-refractivity contribution < 1.29 is 32.9 Å². The second kappa shape index (κ2) is 62.6. The Morgan fingerprint density at radius 2 is 0.747 bits per heavy atom. The molecule has 0 aromatic rings. The third-order valence-electron chi connectivity index (χ3n) is 14.0. The first-order valence-corrected chi connectivity index (χ1v) is 34.8. The van der Waals surface area contributed by atoms with Gasteiger partial charge in [0.15, 0.2) is 0 Å². The zero-order valence-corrected chi connectivity index (χ0v) is 54.7. The fourth-order valence-electron chi connectivity index (χ4n) is 8.82. The molecular weight excluding hydrogens is 1040 g/mol. The van der Waals surface area contributed by atoms with Crippen molar-refractivity contribution in [2.45, 2.75) is 264 Å². The number of allylic oxidation sites excluding steroid dienone is 25. The maximum atomic E-state index is 13.0. The molecule has 0 aromatic heterocycles. The zero-order chi connectivity index (χ0) is 60.5. The number of rotatable bonds is 59. The van der Waals surface area contributed by atoms with Crippen LogP contribution in [0.15, 0.2) is 158 Å². The van der Waals surface area contributed by atoms with E-state index in [4.69, 9.17) is 9.05 Å². The SMILES string of the molecule is CC/C=C\C/C=C\C/C=C\C/C=C\C/C=C\C/C=C\C/C=C\C/C=C\C/C=C\C/C=C\C/C=C\CCCCCCCC(=O)NC(COP(=O)([O-])OCC[N+](C)(C)C)C(O)/C=C/CC/C=C/CCCCCCCCCCCCCCCCCC. The molecule has 0 spiro atoms. The fraction of sp³-hybridized carbons (Fsp3) is 0.635. The van der Waals surface area contributed by atoms with Crippen molar-refractivity contribution in [2.75, 3.05) is 40.9 Å². The van der Waals surface area contributed by atoms with E-state index >= 15 is 0 Å². The minimum atomic E-state index is -4.63. The fourth-order valence-corrected chi connectivity index (χ4v) is 9.54. The van der Waals surface area contributed by atoms with Crippen molar-refractivity contribution in [1.29, 1.82) is 0 Å². The van der Waals surface area contributed by atoms with Crippen LogP contribution in [0.4, 0.5) is 0 Å². The second-order valence-electron chi connectivity index (χ2n) is 23.1. The highest BCUT2D eigenvalue weighted by Gasteiger charge is 2.23. The average molecular weight is 1170 g/mol. The summed E-state index contributed by atoms with van der Waals surface area (Å²) in [6.07, 6.45) is 97.7. The Labute approximate surface area is 511 Å². The van der Waals surface area contributed by atoms with Crippen molar-refractivity contribution in [3.8, 4) is 0 Å². The number of phosphoric acid groups is 1. The highest BCUT2D eigenvalue weighted by Crippen LogP contribution is 2.38. The lowest BCUT2D eigenvalue weighted by atomic mass is 10.0. The first kappa shape index (κ1) is 79.1. The van der Waals surface area contributed by atoms with E-state index in [0.29, 0.717) is 17.4 Å². The molecule has 472 valence electrons. The molecule has 0 heterocycles. The summed E-state index contributed by atoms with van der Waals surface area (Å²) in [5.74, 6) is -0.231. The maximum Gasteiger partial charge on any atom is 0.268 e. The molecule has 9 heteroatoms. The standard InChI is InChI=1S/C74H125N2O6P/c1-6-8-10-12-14-16-18-20-22-24-26-28-30-31-32-33-34-35-36-37-38-39-40-41-42-43-44-45-46-48-50-52-54-56-58-60-62-64-66-68-74(78)75-72(71-82-83(79,80)81-70-69-76(3,4)5)73(77)67-65-63-61-59-57-55-53-51-49-47-29-27-25-23-21-19-17-15-13-11-9-7-2/h8,10,14,16,20,22,26,28,31-32,34-35,37-38,40-41,43-44,46,48,52,54,57,59,65,67,72-73,77H,6-7,9,11-13,15,17-19,21,23-25,27,29-30,33,36,39,42,45,47,49-51,53,55-56,58,60-64,66,68-71H2,1-5H3,(H-,75,78,79,80)/b10-8-,16-14-,22-20-,28-26-,32-31-,35-34-,38-37-,41-40-,44-43-,48-46-,54-52-,59-57+,67-65+. The van der Waals surface area contributed by atoms with Crippen LogP contribution in [0.5, 0.6) is 0 Å². The van der Waals surface area contributed by atoms with E-state index in [-0.39, 0.29) is 12.5 Å². The summed E-state index contributed by atoms with van der Waals surface area (Å²) in [6, 6.07) is -0.927. The molecular formula is C74H125N2O6P. The molecule has 0 fully saturated rings. The van der Waals surface area contributed by atoms with Gasteiger partial charge in [0.05, 0.1) is 39.9 Å². The minimum Gasteiger partial charge on any atom is -0.756 e. The molecule has 0 bridgehead atoms. The van der Waals surface area contributed by atoms with Gasteiger partial charge in [0.25, 0.3) is 7.82 Å². The third-order valence-corrected chi connectivity index (χ3v) is 14.9. The first-order valence-electron chi connectivity index (χ1n) is 33.3. The van der Waals surface area contributed by atoms with E-state index in [9.17, 15) is 19.4 Å². The van der Waals surface area contributed by atoms with Crippen molar-refractivity contribution in [3.05, 3.63) is 158 Å². The number of likely N-dealkylation sites (N-methyl/N-ethyl adjacent to an activating group) is 1. The number of quaternary nitrogens is 1. The number of carbonyl (C=O) groups excluding carboxylic acids is 1. The van der Waals surface area contributed by atoms with Gasteiger partial charge in [-0.15, -0.1) is 0 Å². The van der Waals surface area contributed by atoms with Crippen LogP contribution in [-0.2, 0) is 18.4 Å². The van der Waals surface area contributed by atoms with Crippen LogP contribution in [-0.4, -0.2) is 68.5 Å². The molecule has 0 saturated carbocycles. The van der Waals surface area contributed by atoms with Crippen molar-refractivity contribution in [3.63, 3.8) is 0 Å². The van der Waals surface area contributed by atoms with Gasteiger partial charge < -0.3 is 28.8 Å². The molecule has 3 unspecified atom stereocenters. The smallest absolute Gasteiger partial charge is 0.268 e. The summed E-state index contributed by atoms with van der Waals surface area (Å²) in [6.45, 7) is 4.50. The van der Waals surface area contributed by atoms with Gasteiger partial charge in [-0.2, -0.15) is 0 Å². The lowest BCUT2D eigenvalue weighted by Gasteiger charge is -2.29. The van der Waals surface area contributed by atoms with Gasteiger partial charge in [-0.25, -0.2) is 0 Å². The first-order chi connectivity index (χ1) is 40.5. The molecule has 0 saturated heterocycles. The Hall–Kier alpha value is -3.88. The van der Waals surface area contributed by atoms with Crippen molar-refractivity contribution in [1.82, 2.24) is 5.32 Å². The van der Waals surface area contributed by atoms with E-state index in [2.05, 4.69) is 165 Å². The molecule has 0 rings (SSSR count). The van der Waals surface area contributed by atoms with Crippen LogP contribution in [0.25, 0.3) is 0 Å². The van der Waals surface area contributed by atoms with Crippen LogP contribution in [0, 0.1) is 0 Å². The van der Waals surface area contributed by atoms with Gasteiger partial charge in [-0.3, -0.25) is 9.36 Å². The van der Waals surface area contributed by atoms with Gasteiger partial charge in [0.1, 0.15) is 13.2 Å². The normalized spacial score (nSPS) is 14.7. The number of hydrogen-bond donors (Lipinski definition) is 2. The van der Waals surface area contributed by atoms with Gasteiger partial charge in [0, 0.05) is 6.42 Å². The molecule has 0 aliphatic rings. The Balaban J connectivity index is 4.25. The molecule has 0 radical (unpaired) electrons. The van der Waals surface area contributed by atoms with Crippen molar-refractivity contribution >= 4 is 13.7 Å². The third kappa shape index (κ3) is 65.5. The lowest BCUT2D eigenvalue weighted by molar-refractivity contribution is -0.870. The number of nitrogens with zero attached hydrogens (tertiary/aromatic N) is 1. The average Bonchev–Trinajstić information content (AvgIpc) is 3.50. The number of hydrogen-bond acceptors (Lipinski definition) is 6. The number of nitrogens with one attached hydrogen (secondary N) is 1. The number of carbonyl (C=O) groups is 1. The Morgan fingerprint density at radius 1 is 0.434 bits per heavy atom. The quantitative estimate of drug-likeness (QED) is 0.0272. The van der Waals surface area contributed by atoms with E-state index in [1.54, 1.807) is 6.08 Å². The predicted molar refractivity (Wildman–Crippen MR) is 361 cm³/mol. The molecule has 8 nitrogen and oxygen atoms in total. The highest BCUT2D eigenvalue weighted by atomic mass is 31.2. The molecule has 0 aromatic carbocycles. The van der Waals surface area contributed by atoms with Crippen LogP contribution in [0.3, 0.4) is 0 Å². The van der Waals surface area contributed by atoms with Crippen LogP contribution < -0.4 is 10.2 Å². The molecule has 0 aliphatic heterocycles. The van der Waals surface area contributed by atoms with Gasteiger partial charge in [-0.05, 0) is 116 Å².